The van der Waals surface area contributed by atoms with E-state index >= 15 is 0 Å². The summed E-state index contributed by atoms with van der Waals surface area (Å²) in [6.07, 6.45) is -17.9. The molecule has 26 heteroatoms. The molecule has 0 saturated carbocycles. The third kappa shape index (κ3) is 14.3. The molecule has 77 heavy (non-hydrogen) atoms. The summed E-state index contributed by atoms with van der Waals surface area (Å²) in [5.74, 6) is 1.41. The zero-order valence-electron chi connectivity index (χ0n) is 40.8. The van der Waals surface area contributed by atoms with Gasteiger partial charge in [0, 0.05) is 10.0 Å². The lowest BCUT2D eigenvalue weighted by atomic mass is 9.75. The van der Waals surface area contributed by atoms with Crippen LogP contribution < -0.4 is 20.1 Å². The molecule has 1 saturated heterocycles. The van der Waals surface area contributed by atoms with Gasteiger partial charge < -0.3 is 28.8 Å². The molecule has 408 valence electrons. The molecule has 0 spiro atoms. The van der Waals surface area contributed by atoms with Gasteiger partial charge in [-0.2, -0.15) is 52.7 Å². The molecule has 1 fully saturated rings. The van der Waals surface area contributed by atoms with E-state index in [1.807, 2.05) is 45.9 Å². The number of alkyl halides is 12. The molecule has 4 N–H and O–H groups in total. The van der Waals surface area contributed by atoms with E-state index in [-0.39, 0.29) is 35.9 Å². The van der Waals surface area contributed by atoms with Crippen LogP contribution in [0.5, 0.6) is 11.5 Å². The minimum Gasteiger partial charge on any atom is -0.486 e. The van der Waals surface area contributed by atoms with Crippen molar-refractivity contribution >= 4 is 60.6 Å². The summed E-state index contributed by atoms with van der Waals surface area (Å²) in [5.41, 5.74) is -0.907. The number of hydrogen-bond donors (Lipinski definition) is 3. The molecular weight excluding hydrogens is 1130 g/mol. The third-order valence-corrected chi connectivity index (χ3v) is 13.6. The van der Waals surface area contributed by atoms with E-state index in [1.165, 1.54) is 36.4 Å². The number of aromatic nitrogens is 4. The van der Waals surface area contributed by atoms with Crippen molar-refractivity contribution in [2.75, 3.05) is 0 Å². The average Bonchev–Trinajstić information content (AvgIpc) is 4.00. The molecule has 3 heterocycles. The van der Waals surface area contributed by atoms with Crippen molar-refractivity contribution in [3.8, 4) is 22.6 Å². The van der Waals surface area contributed by atoms with E-state index in [9.17, 15) is 61.1 Å². The first kappa shape index (κ1) is 58.1. The predicted molar refractivity (Wildman–Crippen MR) is 265 cm³/mol. The molecule has 0 radical (unpaired) electrons. The summed E-state index contributed by atoms with van der Waals surface area (Å²) in [6.45, 7) is 9.25. The summed E-state index contributed by atoms with van der Waals surface area (Å²) in [5, 5.41) is 5.19. The van der Waals surface area contributed by atoms with Crippen molar-refractivity contribution in [2.24, 2.45) is 5.14 Å². The number of nitrogens with two attached hydrogens (primary N) is 1. The van der Waals surface area contributed by atoms with Gasteiger partial charge in [0.1, 0.15) is 36.4 Å². The number of halogens is 13. The number of hydrogen-bond acceptors (Lipinski definition) is 8. The Morgan fingerprint density at radius 2 is 0.987 bits per heavy atom. The number of aryl methyl sites for hydroxylation is 1. The normalized spacial score (nSPS) is 14.7. The fourth-order valence-electron chi connectivity index (χ4n) is 7.41. The number of nitrogens with zero attached hydrogens (tertiary/aromatic N) is 2. The second-order valence-electron chi connectivity index (χ2n) is 18.3. The topological polar surface area (TPSA) is 154 Å². The zero-order chi connectivity index (χ0) is 56.7. The number of imidazole rings is 2. The molecular formula is C51H43BBrF12N5O6S. The van der Waals surface area contributed by atoms with Gasteiger partial charge in [-0.3, -0.25) is 0 Å². The van der Waals surface area contributed by atoms with Crippen LogP contribution in [-0.4, -0.2) is 46.7 Å². The smallest absolute Gasteiger partial charge is 0.486 e. The van der Waals surface area contributed by atoms with Crippen LogP contribution in [0.4, 0.5) is 52.7 Å². The third-order valence-electron chi connectivity index (χ3n) is 12.2. The predicted octanol–water partition coefficient (Wildman–Crippen LogP) is 13.7. The van der Waals surface area contributed by atoms with Gasteiger partial charge in [0.15, 0.2) is 0 Å². The van der Waals surface area contributed by atoms with Crippen LogP contribution in [0.1, 0.15) is 67.2 Å². The molecule has 0 unspecified atom stereocenters. The highest BCUT2D eigenvalue weighted by Crippen LogP contribution is 2.39. The molecule has 11 nitrogen and oxygen atoms in total. The lowest BCUT2D eigenvalue weighted by Gasteiger charge is -2.32. The summed E-state index contributed by atoms with van der Waals surface area (Å²) in [7, 11) is -5.10. The highest BCUT2D eigenvalue weighted by molar-refractivity contribution is 9.10. The maximum absolute atomic E-state index is 13.2. The van der Waals surface area contributed by atoms with Crippen molar-refractivity contribution < 1.29 is 79.9 Å². The maximum Gasteiger partial charge on any atom is 0.495 e. The van der Waals surface area contributed by atoms with Gasteiger partial charge in [0.25, 0.3) is 0 Å². The number of sulfonamides is 1. The molecule has 0 amide bonds. The van der Waals surface area contributed by atoms with Crippen LogP contribution in [0.25, 0.3) is 33.2 Å². The first-order valence-corrected chi connectivity index (χ1v) is 24.9. The van der Waals surface area contributed by atoms with E-state index in [0.717, 1.165) is 75.7 Å². The Bertz CT molecular complexity index is 3500. The van der Waals surface area contributed by atoms with Crippen molar-refractivity contribution in [3.63, 3.8) is 0 Å². The minimum atomic E-state index is -4.70. The number of aromatic amines is 2. The number of nitrogens with one attached hydrogen (secondary N) is 2. The quantitative estimate of drug-likeness (QED) is 0.0953. The average molecular weight is 1170 g/mol. The second-order valence-corrected chi connectivity index (χ2v) is 20.7. The van der Waals surface area contributed by atoms with Gasteiger partial charge >= 0.3 is 31.8 Å². The number of benzene rings is 6. The van der Waals surface area contributed by atoms with Gasteiger partial charge in [-0.25, -0.2) is 23.5 Å². The molecule has 2 aromatic heterocycles. The van der Waals surface area contributed by atoms with Crippen molar-refractivity contribution in [1.29, 1.82) is 0 Å². The van der Waals surface area contributed by atoms with Crippen LogP contribution in [0.2, 0.25) is 0 Å². The molecule has 0 bridgehead atoms. The summed E-state index contributed by atoms with van der Waals surface area (Å²) >= 11 is 3.37. The standard InChI is InChI=1S/C22H15F6N3O3S.C15H10BrF3N2O.C14H18BF3O2/c23-21(24,25)13-2-5-15(6-3-13)34-11-20-30-17-7-1-12(9-18(17)31-20)16-10-14(22(26,27)28)4-8-19(16)35(29,32)33;16-10-3-6-12-13(7-10)21-14(20-12)8-22-11-4-1-9(2-5-11)15(17,18)19;1-9-6-7-10(14(16,17)18)8-11(9)15-19-12(2,3)13(4,5)20-15/h1-10H,11H2,(H,30,31)(H2,29,32,33);1-7H,8H2,(H,20,21);6-8H,1-5H3. The summed E-state index contributed by atoms with van der Waals surface area (Å²) in [4.78, 5) is 14.1. The van der Waals surface area contributed by atoms with Crippen molar-refractivity contribution in [2.45, 2.75) is 88.6 Å². The molecule has 0 aliphatic carbocycles. The SMILES string of the molecule is Cc1ccc(C(F)(F)F)cc1B1OC(C)(C)C(C)(C)O1.FC(F)(F)c1ccc(OCc2nc3ccc(Br)cc3[nH]2)cc1.NS(=O)(=O)c1ccc(C(F)(F)F)cc1-c1ccc2nc(COc3ccc(C(F)(F)F)cc3)[nH]c2c1. The molecule has 8 aromatic rings. The van der Waals surface area contributed by atoms with Crippen LogP contribution in [0.15, 0.2) is 131 Å². The Kier molecular flexibility index (Phi) is 16.3. The summed E-state index contributed by atoms with van der Waals surface area (Å²) in [6, 6.07) is 24.3. The Labute approximate surface area is 440 Å². The van der Waals surface area contributed by atoms with Gasteiger partial charge in [-0.1, -0.05) is 33.6 Å². The molecule has 1 aliphatic heterocycles. The Balaban J connectivity index is 0.000000177. The number of fused-ring (bicyclic) bond motifs is 2. The molecule has 1 aliphatic rings. The number of primary sulfonamides is 1. The van der Waals surface area contributed by atoms with Crippen molar-refractivity contribution in [3.05, 3.63) is 165 Å². The Morgan fingerprint density at radius 1 is 0.571 bits per heavy atom. The number of H-pyrrole nitrogens is 2. The van der Waals surface area contributed by atoms with Gasteiger partial charge in [0.2, 0.25) is 10.0 Å². The highest BCUT2D eigenvalue weighted by Gasteiger charge is 2.52. The maximum atomic E-state index is 13.2. The Morgan fingerprint density at radius 3 is 1.44 bits per heavy atom. The van der Waals surface area contributed by atoms with E-state index in [1.54, 1.807) is 6.92 Å². The largest absolute Gasteiger partial charge is 0.495 e. The van der Waals surface area contributed by atoms with Crippen LogP contribution in [0.3, 0.4) is 0 Å². The van der Waals surface area contributed by atoms with E-state index in [4.69, 9.17) is 23.9 Å². The lowest BCUT2D eigenvalue weighted by Crippen LogP contribution is -2.41. The fourth-order valence-corrected chi connectivity index (χ4v) is 8.51. The number of rotatable bonds is 9. The van der Waals surface area contributed by atoms with E-state index < -0.39 is 80.2 Å². The molecule has 0 atom stereocenters. The van der Waals surface area contributed by atoms with Crippen molar-refractivity contribution in [1.82, 2.24) is 19.9 Å². The van der Waals surface area contributed by atoms with E-state index in [2.05, 4.69) is 35.9 Å². The molecule has 9 rings (SSSR count). The second kappa shape index (κ2) is 21.7. The molecule has 6 aromatic carbocycles. The zero-order valence-corrected chi connectivity index (χ0v) is 43.2. The lowest BCUT2D eigenvalue weighted by molar-refractivity contribution is -0.138. The first-order valence-electron chi connectivity index (χ1n) is 22.6. The van der Waals surface area contributed by atoms with Crippen LogP contribution >= 0.6 is 15.9 Å². The monoisotopic (exact) mass is 1170 g/mol. The van der Waals surface area contributed by atoms with Gasteiger partial charge in [-0.15, -0.1) is 0 Å². The Hall–Kier alpha value is -6.61. The van der Waals surface area contributed by atoms with Crippen LogP contribution in [-0.2, 0) is 57.3 Å². The summed E-state index contributed by atoms with van der Waals surface area (Å²) < 4.78 is 201. The van der Waals surface area contributed by atoms with Gasteiger partial charge in [-0.05, 0) is 155 Å². The van der Waals surface area contributed by atoms with Gasteiger partial charge in [0.05, 0.1) is 60.4 Å². The van der Waals surface area contributed by atoms with E-state index in [0.29, 0.717) is 40.2 Å². The number of ether oxygens (including phenoxy) is 2. The fraction of sp³-hybridized carbons (Fsp3) is 0.255. The minimum absolute atomic E-state index is 0.138. The first-order chi connectivity index (χ1) is 35.6. The van der Waals surface area contributed by atoms with Crippen LogP contribution in [0, 0.1) is 6.92 Å². The highest BCUT2D eigenvalue weighted by atomic mass is 79.9.